The molecule has 0 saturated carbocycles. The van der Waals surface area contributed by atoms with Crippen LogP contribution in [0.1, 0.15) is 6.42 Å². The molecule has 0 heterocycles. The van der Waals surface area contributed by atoms with E-state index >= 15 is 0 Å². The molecule has 30 heavy (non-hydrogen) atoms. The average molecular weight is 459 g/mol. The number of ether oxygens (including phenoxy) is 2. The molecule has 2 aromatic rings. The molecule has 0 aliphatic rings. The quantitative estimate of drug-likeness (QED) is 0.480. The molecule has 0 fully saturated rings. The standard InChI is InChI=1S/C20H21Cl2FN2O5/c21-13-1-3-15(4-2-13)29-12-20(28)25-10-14(26)7-8-24-19(27)11-30-16-5-6-17(22)18(23)9-16/h1-6,9,14,26H,7-8,10-12H2,(H,24,27)(H,25,28). The number of hydrogen-bond donors (Lipinski definition) is 3. The van der Waals surface area contributed by atoms with E-state index in [2.05, 4.69) is 10.6 Å². The van der Waals surface area contributed by atoms with Crippen LogP contribution in [0.25, 0.3) is 0 Å². The van der Waals surface area contributed by atoms with Crippen molar-refractivity contribution < 1.29 is 28.6 Å². The zero-order chi connectivity index (χ0) is 21.9. The molecule has 0 aliphatic carbocycles. The second kappa shape index (κ2) is 12.2. The normalized spacial score (nSPS) is 11.5. The van der Waals surface area contributed by atoms with Gasteiger partial charge in [0.1, 0.15) is 17.3 Å². The molecule has 0 spiro atoms. The van der Waals surface area contributed by atoms with Crippen molar-refractivity contribution in [3.63, 3.8) is 0 Å². The second-order valence-electron chi connectivity index (χ2n) is 6.20. The van der Waals surface area contributed by atoms with Gasteiger partial charge >= 0.3 is 0 Å². The third-order valence-electron chi connectivity index (χ3n) is 3.78. The molecule has 7 nitrogen and oxygen atoms in total. The molecule has 0 radical (unpaired) electrons. The number of carbonyl (C=O) groups is 2. The van der Waals surface area contributed by atoms with Crippen molar-refractivity contribution >= 4 is 35.0 Å². The summed E-state index contributed by atoms with van der Waals surface area (Å²) < 4.78 is 23.7. The smallest absolute Gasteiger partial charge is 0.258 e. The topological polar surface area (TPSA) is 96.9 Å². The maximum Gasteiger partial charge on any atom is 0.258 e. The highest BCUT2D eigenvalue weighted by Gasteiger charge is 2.10. The summed E-state index contributed by atoms with van der Waals surface area (Å²) in [5.41, 5.74) is 0. The third-order valence-corrected chi connectivity index (χ3v) is 4.34. The van der Waals surface area contributed by atoms with Crippen molar-refractivity contribution in [2.45, 2.75) is 12.5 Å². The van der Waals surface area contributed by atoms with Crippen LogP contribution < -0.4 is 20.1 Å². The van der Waals surface area contributed by atoms with Gasteiger partial charge in [-0.15, -0.1) is 0 Å². The van der Waals surface area contributed by atoms with Gasteiger partial charge in [-0.05, 0) is 42.8 Å². The van der Waals surface area contributed by atoms with Crippen LogP contribution in [-0.4, -0.2) is 49.3 Å². The first-order valence-corrected chi connectivity index (χ1v) is 9.77. The molecular weight excluding hydrogens is 438 g/mol. The van der Waals surface area contributed by atoms with Crippen LogP contribution in [0.3, 0.4) is 0 Å². The Hall–Kier alpha value is -2.55. The minimum atomic E-state index is -0.851. The summed E-state index contributed by atoms with van der Waals surface area (Å²) in [5.74, 6) is -0.787. The highest BCUT2D eigenvalue weighted by atomic mass is 35.5. The average Bonchev–Trinajstić information content (AvgIpc) is 2.72. The van der Waals surface area contributed by atoms with E-state index in [9.17, 15) is 19.1 Å². The van der Waals surface area contributed by atoms with Gasteiger partial charge in [0.15, 0.2) is 13.2 Å². The van der Waals surface area contributed by atoms with Crippen LogP contribution in [0.2, 0.25) is 10.0 Å². The van der Waals surface area contributed by atoms with E-state index in [-0.39, 0.29) is 43.5 Å². The van der Waals surface area contributed by atoms with Gasteiger partial charge in [0.25, 0.3) is 11.8 Å². The Morgan fingerprint density at radius 1 is 0.967 bits per heavy atom. The third kappa shape index (κ3) is 8.86. The molecule has 162 valence electrons. The molecule has 2 aromatic carbocycles. The summed E-state index contributed by atoms with van der Waals surface area (Å²) in [4.78, 5) is 23.5. The van der Waals surface area contributed by atoms with Crippen molar-refractivity contribution in [1.82, 2.24) is 10.6 Å². The zero-order valence-corrected chi connectivity index (χ0v) is 17.4. The lowest BCUT2D eigenvalue weighted by Gasteiger charge is -2.13. The van der Waals surface area contributed by atoms with E-state index in [0.717, 1.165) is 6.07 Å². The lowest BCUT2D eigenvalue weighted by molar-refractivity contribution is -0.124. The van der Waals surface area contributed by atoms with Gasteiger partial charge in [0.2, 0.25) is 0 Å². The number of aliphatic hydroxyl groups excluding tert-OH is 1. The Bertz CT molecular complexity index is 852. The summed E-state index contributed by atoms with van der Waals surface area (Å²) in [6, 6.07) is 10.4. The predicted octanol–water partition coefficient (Wildman–Crippen LogP) is 2.57. The molecule has 0 bridgehead atoms. The Morgan fingerprint density at radius 2 is 1.57 bits per heavy atom. The number of halogens is 3. The molecule has 0 aromatic heterocycles. The van der Waals surface area contributed by atoms with E-state index in [1.165, 1.54) is 12.1 Å². The minimum absolute atomic E-state index is 0.0131. The lowest BCUT2D eigenvalue weighted by atomic mass is 10.2. The number of amides is 2. The number of rotatable bonds is 11. The van der Waals surface area contributed by atoms with E-state index in [1.807, 2.05) is 0 Å². The maximum atomic E-state index is 13.3. The summed E-state index contributed by atoms with van der Waals surface area (Å²) in [7, 11) is 0. The first-order chi connectivity index (χ1) is 14.3. The van der Waals surface area contributed by atoms with Crippen LogP contribution in [0.15, 0.2) is 42.5 Å². The van der Waals surface area contributed by atoms with Gasteiger partial charge in [-0.1, -0.05) is 23.2 Å². The Balaban J connectivity index is 1.55. The number of nitrogens with one attached hydrogen (secondary N) is 2. The largest absolute Gasteiger partial charge is 0.484 e. The van der Waals surface area contributed by atoms with Crippen molar-refractivity contribution in [2.24, 2.45) is 0 Å². The predicted molar refractivity (Wildman–Crippen MR) is 110 cm³/mol. The molecule has 1 unspecified atom stereocenters. The van der Waals surface area contributed by atoms with E-state index in [0.29, 0.717) is 10.8 Å². The van der Waals surface area contributed by atoms with Gasteiger partial charge < -0.3 is 25.2 Å². The fourth-order valence-electron chi connectivity index (χ4n) is 2.21. The Morgan fingerprint density at radius 3 is 2.23 bits per heavy atom. The van der Waals surface area contributed by atoms with Gasteiger partial charge in [-0.25, -0.2) is 4.39 Å². The van der Waals surface area contributed by atoms with Crippen LogP contribution in [0, 0.1) is 5.82 Å². The maximum absolute atomic E-state index is 13.3. The van der Waals surface area contributed by atoms with Gasteiger partial charge in [0, 0.05) is 24.2 Å². The summed E-state index contributed by atoms with van der Waals surface area (Å²) in [5, 5.41) is 15.5. The molecule has 10 heteroatoms. The first kappa shape index (κ1) is 23.7. The SMILES string of the molecule is O=C(COc1ccc(Cl)c(F)c1)NCCC(O)CNC(=O)COc1ccc(Cl)cc1. The Kier molecular flexibility index (Phi) is 9.66. The number of benzene rings is 2. The minimum Gasteiger partial charge on any atom is -0.484 e. The number of aliphatic hydroxyl groups is 1. The van der Waals surface area contributed by atoms with Crippen molar-refractivity contribution in [2.75, 3.05) is 26.3 Å². The lowest BCUT2D eigenvalue weighted by Crippen LogP contribution is -2.37. The van der Waals surface area contributed by atoms with Gasteiger partial charge in [-0.2, -0.15) is 0 Å². The molecule has 0 saturated heterocycles. The zero-order valence-electron chi connectivity index (χ0n) is 15.9. The van der Waals surface area contributed by atoms with E-state index in [4.69, 9.17) is 32.7 Å². The van der Waals surface area contributed by atoms with Crippen LogP contribution in [-0.2, 0) is 9.59 Å². The van der Waals surface area contributed by atoms with Crippen LogP contribution in [0.5, 0.6) is 11.5 Å². The van der Waals surface area contributed by atoms with Gasteiger partial charge in [0.05, 0.1) is 11.1 Å². The molecule has 2 amide bonds. The van der Waals surface area contributed by atoms with Crippen molar-refractivity contribution in [3.05, 3.63) is 58.3 Å². The van der Waals surface area contributed by atoms with Gasteiger partial charge in [-0.3, -0.25) is 9.59 Å². The number of hydrogen-bond acceptors (Lipinski definition) is 5. The first-order valence-electron chi connectivity index (χ1n) is 9.01. The summed E-state index contributed by atoms with van der Waals surface area (Å²) >= 11 is 11.3. The fourth-order valence-corrected chi connectivity index (χ4v) is 2.45. The summed E-state index contributed by atoms with van der Waals surface area (Å²) in [6.07, 6.45) is -0.629. The Labute approximate surface area is 183 Å². The molecule has 1 atom stereocenters. The highest BCUT2D eigenvalue weighted by molar-refractivity contribution is 6.30. The van der Waals surface area contributed by atoms with E-state index in [1.54, 1.807) is 24.3 Å². The molecular formula is C20H21Cl2FN2O5. The molecule has 0 aliphatic heterocycles. The number of carbonyl (C=O) groups excluding carboxylic acids is 2. The molecule has 3 N–H and O–H groups in total. The van der Waals surface area contributed by atoms with E-state index < -0.39 is 23.7 Å². The monoisotopic (exact) mass is 458 g/mol. The molecule has 2 rings (SSSR count). The summed E-state index contributed by atoms with van der Waals surface area (Å²) in [6.45, 7) is -0.321. The van der Waals surface area contributed by atoms with Crippen LogP contribution >= 0.6 is 23.2 Å². The fraction of sp³-hybridized carbons (Fsp3) is 0.300. The van der Waals surface area contributed by atoms with Crippen molar-refractivity contribution in [3.8, 4) is 11.5 Å². The van der Waals surface area contributed by atoms with Crippen LogP contribution in [0.4, 0.5) is 4.39 Å². The second-order valence-corrected chi connectivity index (χ2v) is 7.05. The van der Waals surface area contributed by atoms with Crippen molar-refractivity contribution in [1.29, 1.82) is 0 Å². The highest BCUT2D eigenvalue weighted by Crippen LogP contribution is 2.20.